The van der Waals surface area contributed by atoms with Gasteiger partial charge in [0.2, 0.25) is 0 Å². The van der Waals surface area contributed by atoms with Crippen LogP contribution < -0.4 is 4.90 Å². The molecule has 0 saturated carbocycles. The van der Waals surface area contributed by atoms with Gasteiger partial charge in [0.05, 0.1) is 0 Å². The van der Waals surface area contributed by atoms with E-state index in [1.165, 1.54) is 12.2 Å². The molecule has 1 aliphatic rings. The minimum Gasteiger partial charge on any atom is -0.364 e. The van der Waals surface area contributed by atoms with Crippen LogP contribution in [-0.4, -0.2) is 12.6 Å². The van der Waals surface area contributed by atoms with Crippen molar-refractivity contribution in [1.29, 1.82) is 0 Å². The molecule has 1 aromatic carbocycles. The zero-order valence-corrected chi connectivity index (χ0v) is 7.70. The maximum absolute atomic E-state index is 2.45. The Hall–Kier alpha value is -0.980. The van der Waals surface area contributed by atoms with Crippen molar-refractivity contribution in [3.8, 4) is 0 Å². The van der Waals surface area contributed by atoms with E-state index in [0.29, 0.717) is 0 Å². The van der Waals surface area contributed by atoms with Gasteiger partial charge in [0.15, 0.2) is 0 Å². The first-order valence-corrected chi connectivity index (χ1v) is 4.60. The molecule has 1 unspecified atom stereocenters. The highest BCUT2D eigenvalue weighted by Gasteiger charge is 2.35. The minimum atomic E-state index is 0.783. The van der Waals surface area contributed by atoms with E-state index in [4.69, 9.17) is 0 Å². The number of benzene rings is 1. The molecule has 1 heterocycles. The molecule has 0 aromatic heterocycles. The molecule has 1 aromatic rings. The molecule has 0 amide bonds. The summed E-state index contributed by atoms with van der Waals surface area (Å²) in [6.07, 6.45) is 0. The van der Waals surface area contributed by atoms with Crippen molar-refractivity contribution in [3.05, 3.63) is 30.3 Å². The molecule has 2 rings (SSSR count). The summed E-state index contributed by atoms with van der Waals surface area (Å²) in [6.45, 7) is 5.81. The lowest BCUT2D eigenvalue weighted by Crippen LogP contribution is -2.05. The maximum Gasteiger partial charge on any atom is 0.0489 e. The fourth-order valence-corrected chi connectivity index (χ4v) is 1.64. The monoisotopic (exact) mass is 161 g/mol. The van der Waals surface area contributed by atoms with Crippen LogP contribution in [0.4, 0.5) is 5.69 Å². The van der Waals surface area contributed by atoms with Gasteiger partial charge in [0.25, 0.3) is 0 Å². The first-order valence-electron chi connectivity index (χ1n) is 4.60. The molecule has 0 spiro atoms. The zero-order valence-electron chi connectivity index (χ0n) is 7.70. The van der Waals surface area contributed by atoms with Gasteiger partial charge >= 0.3 is 0 Å². The van der Waals surface area contributed by atoms with Gasteiger partial charge in [0, 0.05) is 18.3 Å². The van der Waals surface area contributed by atoms with Crippen LogP contribution in [0.3, 0.4) is 0 Å². The number of rotatable bonds is 2. The molecule has 0 aliphatic carbocycles. The number of anilines is 1. The fraction of sp³-hybridized carbons (Fsp3) is 0.455. The Morgan fingerprint density at radius 2 is 1.92 bits per heavy atom. The maximum atomic E-state index is 2.45. The summed E-state index contributed by atoms with van der Waals surface area (Å²) < 4.78 is 0. The predicted molar refractivity (Wildman–Crippen MR) is 52.4 cm³/mol. The Morgan fingerprint density at radius 3 is 2.42 bits per heavy atom. The highest BCUT2D eigenvalue weighted by molar-refractivity contribution is 5.53. The molecule has 1 atom stereocenters. The molecule has 0 radical (unpaired) electrons. The van der Waals surface area contributed by atoms with Crippen molar-refractivity contribution < 1.29 is 0 Å². The normalized spacial score (nSPS) is 21.6. The van der Waals surface area contributed by atoms with E-state index in [1.807, 2.05) is 0 Å². The van der Waals surface area contributed by atoms with Crippen LogP contribution in [-0.2, 0) is 0 Å². The summed E-state index contributed by atoms with van der Waals surface area (Å²) in [6, 6.07) is 11.4. The number of nitrogens with zero attached hydrogens (tertiary/aromatic N) is 1. The molecule has 1 fully saturated rings. The van der Waals surface area contributed by atoms with Gasteiger partial charge in [-0.1, -0.05) is 32.0 Å². The third-order valence-corrected chi connectivity index (χ3v) is 2.51. The lowest BCUT2D eigenvalue weighted by atomic mass is 10.1. The summed E-state index contributed by atoms with van der Waals surface area (Å²) >= 11 is 0. The van der Waals surface area contributed by atoms with Gasteiger partial charge in [-0.3, -0.25) is 0 Å². The van der Waals surface area contributed by atoms with Crippen LogP contribution in [0.2, 0.25) is 0 Å². The SMILES string of the molecule is CC(C)C1CN1c1ccccc1. The van der Waals surface area contributed by atoms with Crippen molar-refractivity contribution in [1.82, 2.24) is 0 Å². The second kappa shape index (κ2) is 2.81. The van der Waals surface area contributed by atoms with E-state index in [9.17, 15) is 0 Å². The highest BCUT2D eigenvalue weighted by atomic mass is 15.3. The summed E-state index contributed by atoms with van der Waals surface area (Å²) in [5, 5.41) is 0. The predicted octanol–water partition coefficient (Wildman–Crippen LogP) is 2.53. The van der Waals surface area contributed by atoms with Gasteiger partial charge in [0.1, 0.15) is 0 Å². The topological polar surface area (TPSA) is 3.01 Å². The summed E-state index contributed by atoms with van der Waals surface area (Å²) in [5.74, 6) is 0.783. The average Bonchev–Trinajstić information content (AvgIpc) is 2.84. The standard InChI is InChI=1S/C11H15N/c1-9(2)11-8-12(11)10-6-4-3-5-7-10/h3-7,9,11H,8H2,1-2H3. The Kier molecular flexibility index (Phi) is 1.80. The quantitative estimate of drug-likeness (QED) is 0.602. The first kappa shape index (κ1) is 7.66. The van der Waals surface area contributed by atoms with Crippen molar-refractivity contribution >= 4 is 5.69 Å². The lowest BCUT2D eigenvalue weighted by molar-refractivity contribution is 0.646. The molecule has 0 N–H and O–H groups in total. The molecule has 1 saturated heterocycles. The molecule has 64 valence electrons. The fourth-order valence-electron chi connectivity index (χ4n) is 1.64. The van der Waals surface area contributed by atoms with Gasteiger partial charge in [-0.25, -0.2) is 0 Å². The van der Waals surface area contributed by atoms with Crippen LogP contribution in [0.15, 0.2) is 30.3 Å². The second-order valence-electron chi connectivity index (χ2n) is 3.80. The lowest BCUT2D eigenvalue weighted by Gasteiger charge is -2.06. The summed E-state index contributed by atoms with van der Waals surface area (Å²) in [4.78, 5) is 2.45. The zero-order chi connectivity index (χ0) is 8.55. The molecule has 0 bridgehead atoms. The Balaban J connectivity index is 2.06. The van der Waals surface area contributed by atoms with E-state index in [0.717, 1.165) is 12.0 Å². The van der Waals surface area contributed by atoms with Crippen molar-refractivity contribution in [2.24, 2.45) is 5.92 Å². The minimum absolute atomic E-state index is 0.783. The van der Waals surface area contributed by atoms with Gasteiger partial charge < -0.3 is 4.90 Å². The molecular weight excluding hydrogens is 146 g/mol. The van der Waals surface area contributed by atoms with E-state index < -0.39 is 0 Å². The van der Waals surface area contributed by atoms with Crippen LogP contribution in [0.1, 0.15) is 13.8 Å². The molecule has 1 aliphatic heterocycles. The van der Waals surface area contributed by atoms with E-state index in [2.05, 4.69) is 49.1 Å². The highest BCUT2D eigenvalue weighted by Crippen LogP contribution is 2.31. The largest absolute Gasteiger partial charge is 0.364 e. The van der Waals surface area contributed by atoms with E-state index in [-0.39, 0.29) is 0 Å². The molecule has 1 heteroatoms. The van der Waals surface area contributed by atoms with Gasteiger partial charge in [-0.05, 0) is 18.1 Å². The average molecular weight is 161 g/mol. The van der Waals surface area contributed by atoms with Crippen LogP contribution in [0.25, 0.3) is 0 Å². The third-order valence-electron chi connectivity index (χ3n) is 2.51. The van der Waals surface area contributed by atoms with E-state index in [1.54, 1.807) is 0 Å². The van der Waals surface area contributed by atoms with Gasteiger partial charge in [-0.2, -0.15) is 0 Å². The second-order valence-corrected chi connectivity index (χ2v) is 3.80. The molecule has 1 nitrogen and oxygen atoms in total. The Labute approximate surface area is 74.0 Å². The number of hydrogen-bond acceptors (Lipinski definition) is 1. The van der Waals surface area contributed by atoms with Gasteiger partial charge in [-0.15, -0.1) is 0 Å². The first-order chi connectivity index (χ1) is 5.79. The third kappa shape index (κ3) is 1.31. The van der Waals surface area contributed by atoms with E-state index >= 15 is 0 Å². The Bertz CT molecular complexity index is 253. The van der Waals surface area contributed by atoms with Crippen LogP contribution in [0, 0.1) is 5.92 Å². The number of para-hydroxylation sites is 1. The van der Waals surface area contributed by atoms with Crippen molar-refractivity contribution in [2.45, 2.75) is 19.9 Å². The van der Waals surface area contributed by atoms with Crippen molar-refractivity contribution in [2.75, 3.05) is 11.4 Å². The Morgan fingerprint density at radius 1 is 1.25 bits per heavy atom. The van der Waals surface area contributed by atoms with Crippen molar-refractivity contribution in [3.63, 3.8) is 0 Å². The molecule has 12 heavy (non-hydrogen) atoms. The summed E-state index contributed by atoms with van der Waals surface area (Å²) in [5.41, 5.74) is 1.37. The van der Waals surface area contributed by atoms with Crippen LogP contribution in [0.5, 0.6) is 0 Å². The summed E-state index contributed by atoms with van der Waals surface area (Å²) in [7, 11) is 0. The smallest absolute Gasteiger partial charge is 0.0489 e. The van der Waals surface area contributed by atoms with Crippen LogP contribution >= 0.6 is 0 Å². The molecular formula is C11H15N. The number of hydrogen-bond donors (Lipinski definition) is 0.